The van der Waals surface area contributed by atoms with Crippen molar-refractivity contribution in [2.24, 2.45) is 5.92 Å². The number of hydrogen-bond acceptors (Lipinski definition) is 5. The van der Waals surface area contributed by atoms with Gasteiger partial charge in [-0.3, -0.25) is 0 Å². The average Bonchev–Trinajstić information content (AvgIpc) is 2.85. The minimum Gasteiger partial charge on any atom is -0.370 e. The summed E-state index contributed by atoms with van der Waals surface area (Å²) in [5.74, 6) is 1.92. The van der Waals surface area contributed by atoms with Gasteiger partial charge in [0.2, 0.25) is 11.7 Å². The molecule has 0 aliphatic carbocycles. The standard InChI is InChI=1S/C13H23N3O2/c1-4-10(17-5-2)12-15-13(18-16-12)11-9(3)7-6-8-14-11/h9-11,14H,4-8H2,1-3H3. The van der Waals surface area contributed by atoms with Crippen LogP contribution in [0, 0.1) is 5.92 Å². The minimum absolute atomic E-state index is 0.0496. The lowest BCUT2D eigenvalue weighted by Gasteiger charge is -2.26. The average molecular weight is 253 g/mol. The molecule has 0 bridgehead atoms. The van der Waals surface area contributed by atoms with Crippen molar-refractivity contribution in [3.05, 3.63) is 11.7 Å². The number of nitrogens with zero attached hydrogens (tertiary/aromatic N) is 2. The summed E-state index contributed by atoms with van der Waals surface area (Å²) in [6.07, 6.45) is 3.24. The van der Waals surface area contributed by atoms with E-state index in [1.54, 1.807) is 0 Å². The maximum atomic E-state index is 5.60. The molecule has 3 atom stereocenters. The number of nitrogens with one attached hydrogen (secondary N) is 1. The Hall–Kier alpha value is -0.940. The maximum Gasteiger partial charge on any atom is 0.244 e. The molecular formula is C13H23N3O2. The van der Waals surface area contributed by atoms with Crippen molar-refractivity contribution in [3.63, 3.8) is 0 Å². The third-order valence-electron chi connectivity index (χ3n) is 3.52. The van der Waals surface area contributed by atoms with Crippen molar-refractivity contribution < 1.29 is 9.26 Å². The molecule has 0 spiro atoms. The number of rotatable bonds is 5. The molecule has 0 aromatic carbocycles. The van der Waals surface area contributed by atoms with Crippen molar-refractivity contribution in [2.75, 3.05) is 13.2 Å². The number of aromatic nitrogens is 2. The molecule has 3 unspecified atom stereocenters. The van der Waals surface area contributed by atoms with Crippen LogP contribution in [0.2, 0.25) is 0 Å². The van der Waals surface area contributed by atoms with Crippen molar-refractivity contribution >= 4 is 0 Å². The monoisotopic (exact) mass is 253 g/mol. The molecule has 5 heteroatoms. The lowest BCUT2D eigenvalue weighted by molar-refractivity contribution is 0.0518. The van der Waals surface area contributed by atoms with Crippen LogP contribution in [0.15, 0.2) is 4.52 Å². The zero-order chi connectivity index (χ0) is 13.0. The highest BCUT2D eigenvalue weighted by molar-refractivity contribution is 4.98. The van der Waals surface area contributed by atoms with E-state index in [2.05, 4.69) is 29.3 Å². The molecule has 18 heavy (non-hydrogen) atoms. The number of piperidine rings is 1. The van der Waals surface area contributed by atoms with Gasteiger partial charge in [-0.05, 0) is 38.6 Å². The summed E-state index contributed by atoms with van der Waals surface area (Å²) in [4.78, 5) is 4.51. The second-order valence-corrected chi connectivity index (χ2v) is 4.89. The molecule has 1 fully saturated rings. The molecule has 2 rings (SSSR count). The van der Waals surface area contributed by atoms with E-state index in [4.69, 9.17) is 9.26 Å². The Kier molecular flexibility index (Phi) is 4.72. The lowest BCUT2D eigenvalue weighted by Crippen LogP contribution is -2.33. The van der Waals surface area contributed by atoms with Gasteiger partial charge in [-0.25, -0.2) is 0 Å². The fourth-order valence-electron chi connectivity index (χ4n) is 2.46. The van der Waals surface area contributed by atoms with Crippen LogP contribution in [0.4, 0.5) is 0 Å². The van der Waals surface area contributed by atoms with Gasteiger partial charge in [-0.2, -0.15) is 4.98 Å². The first kappa shape index (κ1) is 13.5. The van der Waals surface area contributed by atoms with Crippen molar-refractivity contribution in [3.8, 4) is 0 Å². The summed E-state index contributed by atoms with van der Waals surface area (Å²) < 4.78 is 11.0. The molecule has 2 heterocycles. The van der Waals surface area contributed by atoms with E-state index >= 15 is 0 Å². The van der Waals surface area contributed by atoms with Gasteiger partial charge in [-0.1, -0.05) is 19.0 Å². The fraction of sp³-hybridized carbons (Fsp3) is 0.846. The van der Waals surface area contributed by atoms with Crippen molar-refractivity contribution in [1.29, 1.82) is 0 Å². The van der Waals surface area contributed by atoms with Gasteiger partial charge >= 0.3 is 0 Å². The molecule has 1 aliphatic rings. The van der Waals surface area contributed by atoms with E-state index < -0.39 is 0 Å². The second kappa shape index (κ2) is 6.29. The quantitative estimate of drug-likeness (QED) is 0.874. The molecule has 102 valence electrons. The van der Waals surface area contributed by atoms with Crippen LogP contribution in [-0.4, -0.2) is 23.3 Å². The Morgan fingerprint density at radius 3 is 3.00 bits per heavy atom. The normalized spacial score (nSPS) is 26.2. The summed E-state index contributed by atoms with van der Waals surface area (Å²) in [7, 11) is 0. The summed E-state index contributed by atoms with van der Waals surface area (Å²) >= 11 is 0. The Bertz CT molecular complexity index is 367. The van der Waals surface area contributed by atoms with Crippen LogP contribution in [0.5, 0.6) is 0 Å². The summed E-state index contributed by atoms with van der Waals surface area (Å²) in [6.45, 7) is 7.96. The predicted molar refractivity (Wildman–Crippen MR) is 68.1 cm³/mol. The topological polar surface area (TPSA) is 60.2 Å². The van der Waals surface area contributed by atoms with Crippen LogP contribution in [-0.2, 0) is 4.74 Å². The van der Waals surface area contributed by atoms with Gasteiger partial charge in [0, 0.05) is 6.61 Å². The van der Waals surface area contributed by atoms with Crippen LogP contribution in [0.1, 0.15) is 63.9 Å². The molecule has 1 N–H and O–H groups in total. The van der Waals surface area contributed by atoms with Gasteiger partial charge in [0.15, 0.2) is 0 Å². The van der Waals surface area contributed by atoms with Crippen LogP contribution < -0.4 is 5.32 Å². The van der Waals surface area contributed by atoms with Crippen LogP contribution in [0.3, 0.4) is 0 Å². The smallest absolute Gasteiger partial charge is 0.244 e. The van der Waals surface area contributed by atoms with Gasteiger partial charge in [0.1, 0.15) is 6.10 Å². The van der Waals surface area contributed by atoms with Gasteiger partial charge < -0.3 is 14.6 Å². The van der Waals surface area contributed by atoms with E-state index in [1.807, 2.05) is 6.92 Å². The highest BCUT2D eigenvalue weighted by atomic mass is 16.5. The zero-order valence-corrected chi connectivity index (χ0v) is 11.5. The van der Waals surface area contributed by atoms with Gasteiger partial charge in [0.05, 0.1) is 6.04 Å². The molecule has 0 amide bonds. The van der Waals surface area contributed by atoms with E-state index in [1.165, 1.54) is 12.8 Å². The van der Waals surface area contributed by atoms with Gasteiger partial charge in [-0.15, -0.1) is 0 Å². The number of hydrogen-bond donors (Lipinski definition) is 1. The molecule has 1 aromatic heterocycles. The summed E-state index contributed by atoms with van der Waals surface area (Å²) in [5.41, 5.74) is 0. The fourth-order valence-corrected chi connectivity index (χ4v) is 2.46. The third kappa shape index (κ3) is 2.90. The minimum atomic E-state index is -0.0496. The predicted octanol–water partition coefficient (Wildman–Crippen LogP) is 2.62. The van der Waals surface area contributed by atoms with Crippen LogP contribution in [0.25, 0.3) is 0 Å². The maximum absolute atomic E-state index is 5.60. The molecule has 0 saturated carbocycles. The van der Waals surface area contributed by atoms with Crippen molar-refractivity contribution in [1.82, 2.24) is 15.5 Å². The van der Waals surface area contributed by atoms with E-state index in [9.17, 15) is 0 Å². The van der Waals surface area contributed by atoms with E-state index in [-0.39, 0.29) is 12.1 Å². The van der Waals surface area contributed by atoms with E-state index in [0.717, 1.165) is 13.0 Å². The van der Waals surface area contributed by atoms with E-state index in [0.29, 0.717) is 24.2 Å². The van der Waals surface area contributed by atoms with Gasteiger partial charge in [0.25, 0.3) is 0 Å². The first-order chi connectivity index (χ1) is 8.76. The lowest BCUT2D eigenvalue weighted by atomic mass is 9.93. The zero-order valence-electron chi connectivity index (χ0n) is 11.5. The van der Waals surface area contributed by atoms with Crippen molar-refractivity contribution in [2.45, 2.75) is 52.2 Å². The molecule has 1 aromatic rings. The summed E-state index contributed by atoms with van der Waals surface area (Å²) in [6, 6.07) is 0.194. The highest BCUT2D eigenvalue weighted by Gasteiger charge is 2.28. The van der Waals surface area contributed by atoms with Crippen LogP contribution >= 0.6 is 0 Å². The molecular weight excluding hydrogens is 230 g/mol. The first-order valence-corrected chi connectivity index (χ1v) is 6.94. The largest absolute Gasteiger partial charge is 0.370 e. The molecule has 1 saturated heterocycles. The Balaban J connectivity index is 2.08. The first-order valence-electron chi connectivity index (χ1n) is 6.94. The summed E-state index contributed by atoms with van der Waals surface area (Å²) in [5, 5.41) is 7.51. The third-order valence-corrected chi connectivity index (χ3v) is 3.52. The number of ether oxygens (including phenoxy) is 1. The Labute approximate surface area is 108 Å². The Morgan fingerprint density at radius 2 is 2.33 bits per heavy atom. The SMILES string of the molecule is CCOC(CC)c1noc(C2NCCCC2C)n1. The molecule has 0 radical (unpaired) electrons. The Morgan fingerprint density at radius 1 is 1.50 bits per heavy atom. The molecule has 1 aliphatic heterocycles. The highest BCUT2D eigenvalue weighted by Crippen LogP contribution is 2.29. The second-order valence-electron chi connectivity index (χ2n) is 4.89. The molecule has 5 nitrogen and oxygen atoms in total.